The fraction of sp³-hybridized carbons (Fsp3) is 0.375. The second kappa shape index (κ2) is 9.45. The molecule has 3 rings (SSSR count). The highest BCUT2D eigenvalue weighted by Gasteiger charge is 2.28. The van der Waals surface area contributed by atoms with Gasteiger partial charge in [-0.15, -0.1) is 0 Å². The highest BCUT2D eigenvalue weighted by Crippen LogP contribution is 2.43. The van der Waals surface area contributed by atoms with Crippen LogP contribution < -0.4 is 0 Å². The van der Waals surface area contributed by atoms with Crippen molar-refractivity contribution in [1.29, 1.82) is 0 Å². The van der Waals surface area contributed by atoms with Gasteiger partial charge in [-0.25, -0.2) is 22.4 Å². The van der Waals surface area contributed by atoms with Crippen molar-refractivity contribution in [3.8, 4) is 11.1 Å². The molecule has 2 nitrogen and oxygen atoms in total. The van der Waals surface area contributed by atoms with Crippen LogP contribution in [0.15, 0.2) is 36.4 Å². The Morgan fingerprint density at radius 2 is 1.63 bits per heavy atom. The third-order valence-electron chi connectivity index (χ3n) is 5.84. The molecule has 2 aromatic rings. The SMILES string of the molecule is CC/C=C/C[C@H]1CC[C@H](c2ccc(C(=O)O)c(F)c2-c2cc(F)c(F)c(F)c2)CC1. The highest BCUT2D eigenvalue weighted by atomic mass is 19.2. The first kappa shape index (κ1) is 22.1. The Bertz CT molecular complexity index is 937. The van der Waals surface area contributed by atoms with E-state index in [-0.39, 0.29) is 17.0 Å². The minimum Gasteiger partial charge on any atom is -0.478 e. The van der Waals surface area contributed by atoms with Gasteiger partial charge in [0.2, 0.25) is 0 Å². The molecule has 0 radical (unpaired) electrons. The van der Waals surface area contributed by atoms with Crippen LogP contribution in [-0.2, 0) is 0 Å². The van der Waals surface area contributed by atoms with E-state index in [2.05, 4.69) is 19.1 Å². The van der Waals surface area contributed by atoms with Gasteiger partial charge in [0, 0.05) is 5.56 Å². The number of allylic oxidation sites excluding steroid dienone is 2. The van der Waals surface area contributed by atoms with Crippen molar-refractivity contribution in [1.82, 2.24) is 0 Å². The van der Waals surface area contributed by atoms with E-state index < -0.39 is 34.8 Å². The Labute approximate surface area is 173 Å². The average Bonchev–Trinajstić information content (AvgIpc) is 2.72. The first-order valence-electron chi connectivity index (χ1n) is 10.2. The monoisotopic (exact) mass is 420 g/mol. The molecule has 0 amide bonds. The van der Waals surface area contributed by atoms with Gasteiger partial charge in [0.1, 0.15) is 5.82 Å². The van der Waals surface area contributed by atoms with Crippen molar-refractivity contribution in [2.75, 3.05) is 0 Å². The molecule has 0 spiro atoms. The summed E-state index contributed by atoms with van der Waals surface area (Å²) in [6.45, 7) is 2.07. The van der Waals surface area contributed by atoms with Gasteiger partial charge in [-0.1, -0.05) is 25.1 Å². The van der Waals surface area contributed by atoms with E-state index in [1.54, 1.807) is 0 Å². The molecule has 0 unspecified atom stereocenters. The van der Waals surface area contributed by atoms with Gasteiger partial charge in [-0.2, -0.15) is 0 Å². The summed E-state index contributed by atoms with van der Waals surface area (Å²) in [7, 11) is 0. The molecule has 30 heavy (non-hydrogen) atoms. The van der Waals surface area contributed by atoms with E-state index in [4.69, 9.17) is 0 Å². The number of hydrogen-bond acceptors (Lipinski definition) is 1. The second-order valence-corrected chi connectivity index (χ2v) is 7.78. The van der Waals surface area contributed by atoms with E-state index in [0.29, 0.717) is 23.6 Å². The molecule has 160 valence electrons. The number of carboxylic acids is 1. The van der Waals surface area contributed by atoms with Crippen molar-refractivity contribution < 1.29 is 27.5 Å². The zero-order valence-corrected chi connectivity index (χ0v) is 16.7. The van der Waals surface area contributed by atoms with Gasteiger partial charge in [0.05, 0.1) is 5.56 Å². The minimum absolute atomic E-state index is 0.0695. The van der Waals surface area contributed by atoms with Gasteiger partial charge in [0.25, 0.3) is 0 Å². The predicted molar refractivity (Wildman–Crippen MR) is 107 cm³/mol. The molecule has 6 heteroatoms. The topological polar surface area (TPSA) is 37.3 Å². The Morgan fingerprint density at radius 1 is 1.00 bits per heavy atom. The quantitative estimate of drug-likeness (QED) is 0.304. The van der Waals surface area contributed by atoms with Gasteiger partial charge >= 0.3 is 5.97 Å². The van der Waals surface area contributed by atoms with E-state index in [9.17, 15) is 23.1 Å². The van der Waals surface area contributed by atoms with E-state index in [0.717, 1.165) is 38.5 Å². The summed E-state index contributed by atoms with van der Waals surface area (Å²) in [5, 5.41) is 9.27. The summed E-state index contributed by atoms with van der Waals surface area (Å²) in [4.78, 5) is 11.4. The summed E-state index contributed by atoms with van der Waals surface area (Å²) in [5.41, 5.74) is -0.445. The molecule has 1 aliphatic rings. The van der Waals surface area contributed by atoms with E-state index in [1.807, 2.05) is 0 Å². The fourth-order valence-corrected chi connectivity index (χ4v) is 4.25. The second-order valence-electron chi connectivity index (χ2n) is 7.78. The van der Waals surface area contributed by atoms with Crippen LogP contribution in [0.4, 0.5) is 17.6 Å². The van der Waals surface area contributed by atoms with Crippen molar-refractivity contribution in [3.05, 3.63) is 70.8 Å². The third-order valence-corrected chi connectivity index (χ3v) is 5.84. The van der Waals surface area contributed by atoms with Gasteiger partial charge in [-0.05, 0) is 79.7 Å². The maximum Gasteiger partial charge on any atom is 0.338 e. The van der Waals surface area contributed by atoms with Crippen molar-refractivity contribution >= 4 is 5.97 Å². The fourth-order valence-electron chi connectivity index (χ4n) is 4.25. The Morgan fingerprint density at radius 3 is 2.20 bits per heavy atom. The van der Waals surface area contributed by atoms with E-state index >= 15 is 4.39 Å². The molecule has 1 saturated carbocycles. The summed E-state index contributed by atoms with van der Waals surface area (Å²) in [6.07, 6.45) is 9.63. The molecule has 0 saturated heterocycles. The van der Waals surface area contributed by atoms with Crippen LogP contribution in [-0.4, -0.2) is 11.1 Å². The lowest BCUT2D eigenvalue weighted by Crippen LogP contribution is -2.15. The molecular weight excluding hydrogens is 396 g/mol. The van der Waals surface area contributed by atoms with Crippen LogP contribution >= 0.6 is 0 Å². The molecule has 1 fully saturated rings. The van der Waals surface area contributed by atoms with Crippen LogP contribution in [0.3, 0.4) is 0 Å². The average molecular weight is 420 g/mol. The standard InChI is InChI=1S/C24H24F4O2/c1-2-3-4-5-14-6-8-15(9-7-14)17-10-11-18(24(29)30)22(27)21(17)16-12-19(25)23(28)20(26)13-16/h3-4,10-15H,2,5-9H2,1H3,(H,29,30)/b4-3+/t14-,15-. The number of rotatable bonds is 6. The summed E-state index contributed by atoms with van der Waals surface area (Å²) in [5.74, 6) is -6.61. The maximum absolute atomic E-state index is 15.1. The van der Waals surface area contributed by atoms with Gasteiger partial charge in [-0.3, -0.25) is 0 Å². The van der Waals surface area contributed by atoms with Crippen LogP contribution in [0.1, 0.15) is 67.3 Å². The number of carboxylic acid groups (broad SMARTS) is 1. The summed E-state index contributed by atoms with van der Waals surface area (Å²) < 4.78 is 56.2. The van der Waals surface area contributed by atoms with Gasteiger partial charge in [0.15, 0.2) is 17.5 Å². The normalized spacial score (nSPS) is 19.4. The lowest BCUT2D eigenvalue weighted by Gasteiger charge is -2.30. The van der Waals surface area contributed by atoms with E-state index in [1.165, 1.54) is 12.1 Å². The number of aromatic carboxylic acids is 1. The number of benzene rings is 2. The van der Waals surface area contributed by atoms with Crippen LogP contribution in [0.2, 0.25) is 0 Å². The zero-order valence-electron chi connectivity index (χ0n) is 16.7. The Balaban J connectivity index is 1.99. The molecule has 0 heterocycles. The smallest absolute Gasteiger partial charge is 0.338 e. The van der Waals surface area contributed by atoms with Crippen molar-refractivity contribution in [3.63, 3.8) is 0 Å². The molecule has 2 aromatic carbocycles. The molecule has 0 aromatic heterocycles. The lowest BCUT2D eigenvalue weighted by atomic mass is 9.75. The first-order valence-corrected chi connectivity index (χ1v) is 10.2. The number of carbonyl (C=O) groups is 1. The summed E-state index contributed by atoms with van der Waals surface area (Å²) >= 11 is 0. The number of halogens is 4. The maximum atomic E-state index is 15.1. The molecule has 1 aliphatic carbocycles. The zero-order chi connectivity index (χ0) is 21.8. The lowest BCUT2D eigenvalue weighted by molar-refractivity contribution is 0.0692. The minimum atomic E-state index is -1.64. The first-order chi connectivity index (χ1) is 14.3. The largest absolute Gasteiger partial charge is 0.478 e. The van der Waals surface area contributed by atoms with Crippen LogP contribution in [0, 0.1) is 29.2 Å². The summed E-state index contributed by atoms with van der Waals surface area (Å²) in [6, 6.07) is 4.13. The Kier molecular flexibility index (Phi) is 6.95. The predicted octanol–water partition coefficient (Wildman–Crippen LogP) is 7.24. The molecule has 0 bridgehead atoms. The Hall–Kier alpha value is -2.63. The third kappa shape index (κ3) is 4.58. The van der Waals surface area contributed by atoms with Crippen molar-refractivity contribution in [2.45, 2.75) is 51.4 Å². The molecule has 1 N–H and O–H groups in total. The van der Waals surface area contributed by atoms with Crippen LogP contribution in [0.25, 0.3) is 11.1 Å². The van der Waals surface area contributed by atoms with Crippen molar-refractivity contribution in [2.24, 2.45) is 5.92 Å². The molecule has 0 aliphatic heterocycles. The van der Waals surface area contributed by atoms with Crippen LogP contribution in [0.5, 0.6) is 0 Å². The highest BCUT2D eigenvalue weighted by molar-refractivity contribution is 5.90. The number of hydrogen-bond donors (Lipinski definition) is 1. The molecular formula is C24H24F4O2. The molecule has 0 atom stereocenters. The van der Waals surface area contributed by atoms with Gasteiger partial charge < -0.3 is 5.11 Å².